The number of benzene rings is 3. The number of hydrogen-bond acceptors (Lipinski definition) is 4. The molecule has 0 saturated carbocycles. The molecule has 4 N–H and O–H groups in total. The topological polar surface area (TPSA) is 127 Å². The number of nitrogens with two attached hydrogens (primary N) is 1. The van der Waals surface area contributed by atoms with E-state index >= 15 is 0 Å². The molecule has 0 saturated heterocycles. The van der Waals surface area contributed by atoms with Crippen molar-refractivity contribution in [2.75, 3.05) is 5.32 Å². The van der Waals surface area contributed by atoms with Gasteiger partial charge < -0.3 is 16.2 Å². The lowest BCUT2D eigenvalue weighted by Crippen LogP contribution is -2.17. The highest BCUT2D eigenvalue weighted by molar-refractivity contribution is 6.14. The Morgan fingerprint density at radius 3 is 2.08 bits per heavy atom. The van der Waals surface area contributed by atoms with Crippen molar-refractivity contribution in [3.63, 3.8) is 0 Å². The summed E-state index contributed by atoms with van der Waals surface area (Å²) in [6.07, 6.45) is 1.54. The third-order valence-corrected chi connectivity index (χ3v) is 4.98. The van der Waals surface area contributed by atoms with E-state index in [9.17, 15) is 14.4 Å². The van der Waals surface area contributed by atoms with E-state index in [2.05, 4.69) is 11.1 Å². The van der Waals surface area contributed by atoms with E-state index in [1.54, 1.807) is 36.4 Å². The van der Waals surface area contributed by atoms with E-state index in [1.807, 2.05) is 57.2 Å². The number of hydrogen-bond donors (Lipinski definition) is 3. The summed E-state index contributed by atoms with van der Waals surface area (Å²) in [7, 11) is 0. The molecule has 0 aliphatic heterocycles. The highest BCUT2D eigenvalue weighted by Gasteiger charge is 2.16. The first kappa shape index (κ1) is 29.8. The number of carbonyl (C=O) groups is 4. The van der Waals surface area contributed by atoms with Gasteiger partial charge in [-0.1, -0.05) is 80.1 Å². The molecule has 0 radical (unpaired) electrons. The van der Waals surface area contributed by atoms with Crippen LogP contribution in [0.4, 0.5) is 5.69 Å². The number of aryl methyl sites for hydroxylation is 2. The Bertz CT molecular complexity index is 1130. The maximum absolute atomic E-state index is 13.1. The van der Waals surface area contributed by atoms with Crippen molar-refractivity contribution < 1.29 is 24.3 Å². The molecule has 36 heavy (non-hydrogen) atoms. The van der Waals surface area contributed by atoms with Crippen LogP contribution >= 0.6 is 0 Å². The molecule has 0 fully saturated rings. The van der Waals surface area contributed by atoms with Crippen LogP contribution in [0.3, 0.4) is 0 Å². The summed E-state index contributed by atoms with van der Waals surface area (Å²) in [4.78, 5) is 45.1. The maximum Gasteiger partial charge on any atom is 0.303 e. The lowest BCUT2D eigenvalue weighted by Gasteiger charge is -2.13. The Kier molecular flexibility index (Phi) is 13.5. The summed E-state index contributed by atoms with van der Waals surface area (Å²) in [5.74, 6) is -1.24. The second-order valence-electron chi connectivity index (χ2n) is 7.67. The summed E-state index contributed by atoms with van der Waals surface area (Å²) in [5, 5.41) is 11.7. The lowest BCUT2D eigenvalue weighted by atomic mass is 9.97. The second-order valence-corrected chi connectivity index (χ2v) is 7.67. The van der Waals surface area contributed by atoms with Crippen molar-refractivity contribution in [3.05, 3.63) is 101 Å². The zero-order chi connectivity index (χ0) is 26.9. The predicted octanol–water partition coefficient (Wildman–Crippen LogP) is 4.94. The molecule has 0 bridgehead atoms. The normalized spacial score (nSPS) is 9.53. The molecular formula is C29H34N2O5. The van der Waals surface area contributed by atoms with E-state index in [-0.39, 0.29) is 30.9 Å². The van der Waals surface area contributed by atoms with Crippen LogP contribution in [0, 0.1) is 6.92 Å². The van der Waals surface area contributed by atoms with Gasteiger partial charge in [-0.05, 0) is 43.0 Å². The van der Waals surface area contributed by atoms with Crippen LogP contribution in [0.1, 0.15) is 59.3 Å². The van der Waals surface area contributed by atoms with Crippen LogP contribution in [0.15, 0.2) is 72.8 Å². The zero-order valence-corrected chi connectivity index (χ0v) is 21.0. The Morgan fingerprint density at radius 1 is 0.917 bits per heavy atom. The third kappa shape index (κ3) is 10.3. The van der Waals surface area contributed by atoms with Gasteiger partial charge in [0.15, 0.2) is 5.78 Å². The average molecular weight is 491 g/mol. The van der Waals surface area contributed by atoms with Gasteiger partial charge in [0.05, 0.1) is 12.1 Å². The van der Waals surface area contributed by atoms with Gasteiger partial charge in [0.2, 0.25) is 12.3 Å². The van der Waals surface area contributed by atoms with Crippen LogP contribution in [0.25, 0.3) is 0 Å². The van der Waals surface area contributed by atoms with Gasteiger partial charge in [0.25, 0.3) is 0 Å². The van der Waals surface area contributed by atoms with Gasteiger partial charge in [0, 0.05) is 17.5 Å². The summed E-state index contributed by atoms with van der Waals surface area (Å²) >= 11 is 0. The third-order valence-electron chi connectivity index (χ3n) is 4.98. The highest BCUT2D eigenvalue weighted by atomic mass is 16.4. The number of amides is 2. The van der Waals surface area contributed by atoms with Crippen molar-refractivity contribution in [3.8, 4) is 0 Å². The predicted molar refractivity (Wildman–Crippen MR) is 142 cm³/mol. The largest absolute Gasteiger partial charge is 0.481 e. The number of carboxylic acid groups (broad SMARTS) is 1. The molecule has 0 aliphatic rings. The van der Waals surface area contributed by atoms with Crippen LogP contribution in [-0.2, 0) is 27.2 Å². The minimum absolute atomic E-state index is 0.0665. The zero-order valence-electron chi connectivity index (χ0n) is 21.0. The molecule has 3 aromatic rings. The van der Waals surface area contributed by atoms with Gasteiger partial charge in [-0.15, -0.1) is 0 Å². The van der Waals surface area contributed by atoms with Crippen LogP contribution in [-0.4, -0.2) is 29.2 Å². The van der Waals surface area contributed by atoms with Crippen LogP contribution in [0.5, 0.6) is 0 Å². The minimum Gasteiger partial charge on any atom is -0.481 e. The van der Waals surface area contributed by atoms with Crippen molar-refractivity contribution in [1.29, 1.82) is 0 Å². The van der Waals surface area contributed by atoms with Crippen molar-refractivity contribution in [2.45, 2.75) is 46.5 Å². The summed E-state index contributed by atoms with van der Waals surface area (Å²) in [5.41, 5.74) is 8.42. The first-order chi connectivity index (χ1) is 17.3. The maximum atomic E-state index is 13.1. The number of carboxylic acids is 1. The molecule has 7 nitrogen and oxygen atoms in total. The molecule has 0 unspecified atom stereocenters. The SMILES string of the molecule is CC.Cc1ccc(CC(=O)Nc2ccc(CCCC(=O)O)cc2C(=O)c2ccccc2)cc1.NC=O. The summed E-state index contributed by atoms with van der Waals surface area (Å²) < 4.78 is 0. The van der Waals surface area contributed by atoms with Gasteiger partial charge >= 0.3 is 5.97 Å². The van der Waals surface area contributed by atoms with E-state index in [0.29, 0.717) is 29.7 Å². The second kappa shape index (κ2) is 16.4. The van der Waals surface area contributed by atoms with Crippen LogP contribution < -0.4 is 11.1 Å². The number of carbonyl (C=O) groups excluding carboxylic acids is 3. The number of nitrogens with one attached hydrogen (secondary N) is 1. The summed E-state index contributed by atoms with van der Waals surface area (Å²) in [6.45, 7) is 5.99. The van der Waals surface area contributed by atoms with Gasteiger partial charge in [-0.25, -0.2) is 0 Å². The molecule has 0 heterocycles. The number of ketones is 1. The number of anilines is 1. The molecule has 3 aromatic carbocycles. The average Bonchev–Trinajstić information content (AvgIpc) is 2.88. The number of rotatable bonds is 9. The Hall–Kier alpha value is -4.26. The fraction of sp³-hybridized carbons (Fsp3) is 0.241. The van der Waals surface area contributed by atoms with E-state index in [1.165, 1.54) is 0 Å². The van der Waals surface area contributed by atoms with Crippen molar-refractivity contribution in [2.24, 2.45) is 5.73 Å². The smallest absolute Gasteiger partial charge is 0.303 e. The van der Waals surface area contributed by atoms with Crippen LogP contribution in [0.2, 0.25) is 0 Å². The molecular weight excluding hydrogens is 456 g/mol. The van der Waals surface area contributed by atoms with E-state index in [4.69, 9.17) is 9.90 Å². The minimum atomic E-state index is -0.847. The molecule has 190 valence electrons. The first-order valence-corrected chi connectivity index (χ1v) is 11.8. The summed E-state index contributed by atoms with van der Waals surface area (Å²) in [6, 6.07) is 21.9. The first-order valence-electron chi connectivity index (χ1n) is 11.8. The fourth-order valence-corrected chi connectivity index (χ4v) is 3.32. The number of primary amides is 1. The Morgan fingerprint density at radius 2 is 1.50 bits per heavy atom. The fourth-order valence-electron chi connectivity index (χ4n) is 3.32. The number of aliphatic carboxylic acids is 1. The molecule has 3 rings (SSSR count). The van der Waals surface area contributed by atoms with Gasteiger partial charge in [0.1, 0.15) is 0 Å². The Balaban J connectivity index is 0.00000120. The van der Waals surface area contributed by atoms with Crippen molar-refractivity contribution >= 4 is 29.8 Å². The monoisotopic (exact) mass is 490 g/mol. The quantitative estimate of drug-likeness (QED) is 0.289. The standard InChI is InChI=1S/C26H25NO4.C2H6.CH3NO/c1-18-10-12-20(13-11-18)17-24(28)27-23-15-14-19(6-5-9-25(29)30)16-22(23)26(31)21-7-3-2-4-8-21;1-2;2-1-3/h2-4,7-8,10-16H,5-6,9,17H2,1H3,(H,27,28)(H,29,30);1-2H3;1H,(H2,2,3). The van der Waals surface area contributed by atoms with E-state index in [0.717, 1.165) is 16.7 Å². The molecule has 7 heteroatoms. The molecule has 0 aromatic heterocycles. The van der Waals surface area contributed by atoms with Gasteiger partial charge in [-0.2, -0.15) is 0 Å². The lowest BCUT2D eigenvalue weighted by molar-refractivity contribution is -0.137. The van der Waals surface area contributed by atoms with Crippen molar-refractivity contribution in [1.82, 2.24) is 0 Å². The van der Waals surface area contributed by atoms with E-state index < -0.39 is 5.97 Å². The van der Waals surface area contributed by atoms with Gasteiger partial charge in [-0.3, -0.25) is 19.2 Å². The molecule has 2 amide bonds. The Labute approximate surface area is 212 Å². The highest BCUT2D eigenvalue weighted by Crippen LogP contribution is 2.23. The molecule has 0 aliphatic carbocycles. The molecule has 0 spiro atoms. The molecule has 0 atom stereocenters.